The molecule has 0 aromatic rings. The zero-order valence-corrected chi connectivity index (χ0v) is 11.5. The lowest BCUT2D eigenvalue weighted by Crippen LogP contribution is -2.38. The molecule has 2 saturated carbocycles. The van der Waals surface area contributed by atoms with E-state index in [1.807, 2.05) is 0 Å². The third-order valence-electron chi connectivity index (χ3n) is 4.75. The van der Waals surface area contributed by atoms with Gasteiger partial charge in [-0.1, -0.05) is 20.3 Å². The summed E-state index contributed by atoms with van der Waals surface area (Å²) in [7, 11) is 0. The van der Waals surface area contributed by atoms with Crippen LogP contribution in [0, 0.1) is 23.7 Å². The van der Waals surface area contributed by atoms with Crippen molar-refractivity contribution in [3.63, 3.8) is 0 Å². The first-order chi connectivity index (χ1) is 7.70. The number of hydrogen-bond acceptors (Lipinski definition) is 1. The topological polar surface area (TPSA) is 12.0 Å². The van der Waals surface area contributed by atoms with Crippen LogP contribution < -0.4 is 5.32 Å². The molecule has 2 rings (SSSR count). The van der Waals surface area contributed by atoms with E-state index in [9.17, 15) is 0 Å². The number of fused-ring (bicyclic) bond motifs is 2. The summed E-state index contributed by atoms with van der Waals surface area (Å²) in [6, 6.07) is 0.622. The van der Waals surface area contributed by atoms with Crippen molar-refractivity contribution in [3.8, 4) is 0 Å². The normalized spacial score (nSPS) is 34.9. The summed E-state index contributed by atoms with van der Waals surface area (Å²) in [6.07, 6.45) is 7.13. The fourth-order valence-electron chi connectivity index (χ4n) is 3.72. The fraction of sp³-hybridized carbons (Fsp3) is 1.00. The van der Waals surface area contributed by atoms with E-state index in [1.54, 1.807) is 0 Å². The van der Waals surface area contributed by atoms with Crippen molar-refractivity contribution in [2.75, 3.05) is 12.4 Å². The number of nitrogens with one attached hydrogen (secondary N) is 1. The van der Waals surface area contributed by atoms with Crippen LogP contribution in [-0.2, 0) is 0 Å². The lowest BCUT2D eigenvalue weighted by molar-refractivity contribution is 0.285. The third-order valence-corrected chi connectivity index (χ3v) is 4.97. The van der Waals surface area contributed by atoms with Gasteiger partial charge in [-0.25, -0.2) is 0 Å². The SMILES string of the molecule is CC(C)C(CCCl)NCC1CC2CCC1C2. The highest BCUT2D eigenvalue weighted by atomic mass is 35.5. The molecule has 0 amide bonds. The van der Waals surface area contributed by atoms with E-state index >= 15 is 0 Å². The predicted molar refractivity (Wildman–Crippen MR) is 70.9 cm³/mol. The van der Waals surface area contributed by atoms with Gasteiger partial charge in [0.25, 0.3) is 0 Å². The van der Waals surface area contributed by atoms with Gasteiger partial charge in [-0.15, -0.1) is 11.6 Å². The minimum absolute atomic E-state index is 0.622. The molecule has 2 aliphatic carbocycles. The van der Waals surface area contributed by atoms with Crippen LogP contribution in [0.15, 0.2) is 0 Å². The maximum Gasteiger partial charge on any atom is 0.0238 e. The first kappa shape index (κ1) is 12.7. The third kappa shape index (κ3) is 2.92. The number of halogens is 1. The van der Waals surface area contributed by atoms with Crippen molar-refractivity contribution in [2.45, 2.75) is 52.0 Å². The number of hydrogen-bond donors (Lipinski definition) is 1. The quantitative estimate of drug-likeness (QED) is 0.702. The van der Waals surface area contributed by atoms with E-state index in [0.717, 1.165) is 30.1 Å². The van der Waals surface area contributed by atoms with Crippen LogP contribution in [0.25, 0.3) is 0 Å². The lowest BCUT2D eigenvalue weighted by Gasteiger charge is -2.27. The van der Waals surface area contributed by atoms with Gasteiger partial charge < -0.3 is 5.32 Å². The van der Waals surface area contributed by atoms with Gasteiger partial charge in [-0.2, -0.15) is 0 Å². The van der Waals surface area contributed by atoms with Crippen molar-refractivity contribution < 1.29 is 0 Å². The van der Waals surface area contributed by atoms with Gasteiger partial charge in [0.15, 0.2) is 0 Å². The Balaban J connectivity index is 1.73. The Morgan fingerprint density at radius 3 is 2.56 bits per heavy atom. The molecule has 2 heteroatoms. The van der Waals surface area contributed by atoms with E-state index in [-0.39, 0.29) is 0 Å². The summed E-state index contributed by atoms with van der Waals surface area (Å²) < 4.78 is 0. The molecule has 1 nitrogen and oxygen atoms in total. The van der Waals surface area contributed by atoms with E-state index < -0.39 is 0 Å². The molecular formula is C14H26ClN. The molecule has 4 unspecified atom stereocenters. The van der Waals surface area contributed by atoms with Gasteiger partial charge in [0.2, 0.25) is 0 Å². The molecule has 0 spiro atoms. The Morgan fingerprint density at radius 2 is 2.06 bits per heavy atom. The van der Waals surface area contributed by atoms with Crippen molar-refractivity contribution >= 4 is 11.6 Å². The van der Waals surface area contributed by atoms with Crippen molar-refractivity contribution in [3.05, 3.63) is 0 Å². The second kappa shape index (κ2) is 5.73. The number of rotatable bonds is 6. The molecule has 0 radical (unpaired) electrons. The van der Waals surface area contributed by atoms with Crippen LogP contribution in [-0.4, -0.2) is 18.5 Å². The molecule has 0 saturated heterocycles. The predicted octanol–water partition coefficient (Wildman–Crippen LogP) is 3.67. The summed E-state index contributed by atoms with van der Waals surface area (Å²) in [4.78, 5) is 0. The molecule has 2 aliphatic rings. The Morgan fingerprint density at radius 1 is 1.25 bits per heavy atom. The van der Waals surface area contributed by atoms with Crippen LogP contribution in [0.4, 0.5) is 0 Å². The highest BCUT2D eigenvalue weighted by Crippen LogP contribution is 2.47. The Bertz CT molecular complexity index is 215. The van der Waals surface area contributed by atoms with E-state index in [0.29, 0.717) is 12.0 Å². The van der Waals surface area contributed by atoms with Crippen LogP contribution in [0.5, 0.6) is 0 Å². The molecular weight excluding hydrogens is 218 g/mol. The minimum atomic E-state index is 0.622. The Kier molecular flexibility index (Phi) is 4.55. The van der Waals surface area contributed by atoms with Gasteiger partial charge in [0.1, 0.15) is 0 Å². The lowest BCUT2D eigenvalue weighted by atomic mass is 9.88. The van der Waals surface area contributed by atoms with Crippen LogP contribution in [0.2, 0.25) is 0 Å². The summed E-state index contributed by atoms with van der Waals surface area (Å²) in [5, 5.41) is 3.76. The highest BCUT2D eigenvalue weighted by molar-refractivity contribution is 6.17. The van der Waals surface area contributed by atoms with Crippen LogP contribution >= 0.6 is 11.6 Å². The Labute approximate surface area is 105 Å². The highest BCUT2D eigenvalue weighted by Gasteiger charge is 2.39. The molecule has 16 heavy (non-hydrogen) atoms. The Hall–Kier alpha value is 0.250. The second-order valence-electron chi connectivity index (χ2n) is 6.17. The van der Waals surface area contributed by atoms with Crippen molar-refractivity contribution in [1.82, 2.24) is 5.32 Å². The molecule has 0 aromatic heterocycles. The van der Waals surface area contributed by atoms with E-state index in [2.05, 4.69) is 19.2 Å². The van der Waals surface area contributed by atoms with Crippen molar-refractivity contribution in [1.29, 1.82) is 0 Å². The maximum absolute atomic E-state index is 5.86. The van der Waals surface area contributed by atoms with Gasteiger partial charge >= 0.3 is 0 Å². The standard InChI is InChI=1S/C14H26ClN/c1-10(2)14(5-6-15)16-9-13-8-11-3-4-12(13)7-11/h10-14,16H,3-9H2,1-2H3. The summed E-state index contributed by atoms with van der Waals surface area (Å²) in [6.45, 7) is 5.83. The zero-order chi connectivity index (χ0) is 11.5. The smallest absolute Gasteiger partial charge is 0.0238 e. The van der Waals surface area contributed by atoms with Crippen LogP contribution in [0.3, 0.4) is 0 Å². The molecule has 2 bridgehead atoms. The van der Waals surface area contributed by atoms with Gasteiger partial charge in [-0.05, 0) is 55.9 Å². The molecule has 0 aromatic carbocycles. The van der Waals surface area contributed by atoms with Gasteiger partial charge in [-0.3, -0.25) is 0 Å². The first-order valence-electron chi connectivity index (χ1n) is 7.00. The van der Waals surface area contributed by atoms with E-state index in [4.69, 9.17) is 11.6 Å². The molecule has 0 heterocycles. The second-order valence-corrected chi connectivity index (χ2v) is 6.55. The van der Waals surface area contributed by atoms with Gasteiger partial charge in [0.05, 0.1) is 0 Å². The minimum Gasteiger partial charge on any atom is -0.313 e. The van der Waals surface area contributed by atoms with Crippen molar-refractivity contribution in [2.24, 2.45) is 23.7 Å². The molecule has 0 aliphatic heterocycles. The fourth-order valence-corrected chi connectivity index (χ4v) is 3.95. The maximum atomic E-state index is 5.86. The average molecular weight is 244 g/mol. The molecule has 2 fully saturated rings. The zero-order valence-electron chi connectivity index (χ0n) is 10.7. The number of alkyl halides is 1. The average Bonchev–Trinajstić information content (AvgIpc) is 2.85. The molecule has 4 atom stereocenters. The largest absolute Gasteiger partial charge is 0.313 e. The monoisotopic (exact) mass is 243 g/mol. The summed E-state index contributed by atoms with van der Waals surface area (Å²) in [5.41, 5.74) is 0. The van der Waals surface area contributed by atoms with E-state index in [1.165, 1.54) is 32.2 Å². The summed E-state index contributed by atoms with van der Waals surface area (Å²) >= 11 is 5.86. The molecule has 1 N–H and O–H groups in total. The molecule has 94 valence electrons. The summed E-state index contributed by atoms with van der Waals surface area (Å²) in [5.74, 6) is 4.57. The first-order valence-corrected chi connectivity index (χ1v) is 7.53. The van der Waals surface area contributed by atoms with Crippen LogP contribution in [0.1, 0.15) is 46.0 Å². The van der Waals surface area contributed by atoms with Gasteiger partial charge in [0, 0.05) is 11.9 Å².